The highest BCUT2D eigenvalue weighted by atomic mass is 79.9. The lowest BCUT2D eigenvalue weighted by atomic mass is 10.4. The highest BCUT2D eigenvalue weighted by molar-refractivity contribution is 5.88. The summed E-state index contributed by atoms with van der Waals surface area (Å²) in [5.74, 6) is -1.06. The average molecular weight is 195 g/mol. The number of hydrogen-bond donors (Lipinski definition) is 1. The number of quaternary nitrogens is 1. The van der Waals surface area contributed by atoms with Crippen LogP contribution in [0.2, 0.25) is 0 Å². The Morgan fingerprint density at radius 2 is 1.56 bits per heavy atom. The van der Waals surface area contributed by atoms with Crippen LogP contribution in [0.3, 0.4) is 0 Å². The summed E-state index contributed by atoms with van der Waals surface area (Å²) in [6, 6.07) is 0. The fourth-order valence-electron chi connectivity index (χ4n) is 0.610. The van der Waals surface area contributed by atoms with Crippen molar-refractivity contribution in [2.75, 3.05) is 0 Å². The van der Waals surface area contributed by atoms with Crippen LogP contribution < -0.4 is 22.0 Å². The smallest absolute Gasteiger partial charge is 0.320 e. The third kappa shape index (κ3) is 1.57. The molecule has 1 saturated heterocycles. The molecule has 5 heteroatoms. The lowest BCUT2D eigenvalue weighted by molar-refractivity contribution is -0.672. The third-order valence-corrected chi connectivity index (χ3v) is 1.09. The zero-order valence-electron chi connectivity index (χ0n) is 4.52. The van der Waals surface area contributed by atoms with Crippen molar-refractivity contribution in [3.05, 3.63) is 5.21 Å². The minimum absolute atomic E-state index is 0. The molecular weight excluding hydrogens is 190 g/mol. The molecule has 2 amide bonds. The second-order valence-electron chi connectivity index (χ2n) is 1.68. The second kappa shape index (κ2) is 3.05. The van der Waals surface area contributed by atoms with Gasteiger partial charge < -0.3 is 22.2 Å². The Kier molecular flexibility index (Phi) is 2.96. The van der Waals surface area contributed by atoms with Crippen LogP contribution in [0.25, 0.3) is 0 Å². The van der Waals surface area contributed by atoms with Gasteiger partial charge in [0.25, 0.3) is 0 Å². The number of amides is 2. The maximum Gasteiger partial charge on any atom is 0.320 e. The van der Waals surface area contributed by atoms with Gasteiger partial charge in [0.2, 0.25) is 0 Å². The van der Waals surface area contributed by atoms with E-state index >= 15 is 0 Å². The summed E-state index contributed by atoms with van der Waals surface area (Å²) in [4.78, 5) is 20.4. The van der Waals surface area contributed by atoms with E-state index in [0.717, 1.165) is 0 Å². The summed E-state index contributed by atoms with van der Waals surface area (Å²) in [5, 5.41) is 9.39. The maximum atomic E-state index is 10.2. The normalized spacial score (nSPS) is 20.1. The van der Waals surface area contributed by atoms with Gasteiger partial charge in [-0.15, -0.1) is 0 Å². The van der Waals surface area contributed by atoms with E-state index in [1.54, 1.807) is 0 Å². The Balaban J connectivity index is 0.000000640. The molecule has 52 valence electrons. The fourth-order valence-corrected chi connectivity index (χ4v) is 0.610. The molecule has 1 aliphatic heterocycles. The standard InChI is InChI=1S/C4H5NO3.BrH/c6-3-1-2-4(7)5(3)8;/h5H,1-2H2;1H/p-1. The summed E-state index contributed by atoms with van der Waals surface area (Å²) >= 11 is 0. The highest BCUT2D eigenvalue weighted by Gasteiger charge is 2.28. The van der Waals surface area contributed by atoms with E-state index in [1.807, 2.05) is 0 Å². The molecule has 1 fully saturated rings. The number of nitrogens with one attached hydrogen (secondary N) is 1. The van der Waals surface area contributed by atoms with Crippen molar-refractivity contribution in [1.29, 1.82) is 0 Å². The quantitative estimate of drug-likeness (QED) is 0.311. The number of rotatable bonds is 0. The van der Waals surface area contributed by atoms with Crippen LogP contribution in [-0.2, 0) is 9.59 Å². The number of carbonyl (C=O) groups excluding carboxylic acids is 2. The number of hydroxylamine groups is 2. The molecular formula is C4H5BrNO3-. The van der Waals surface area contributed by atoms with Crippen LogP contribution >= 0.6 is 0 Å². The summed E-state index contributed by atoms with van der Waals surface area (Å²) in [7, 11) is 0. The molecule has 0 saturated carbocycles. The summed E-state index contributed by atoms with van der Waals surface area (Å²) in [6.45, 7) is 0. The first kappa shape index (κ1) is 8.74. The van der Waals surface area contributed by atoms with Gasteiger partial charge in [0.15, 0.2) is 0 Å². The van der Waals surface area contributed by atoms with Gasteiger partial charge in [-0.3, -0.25) is 0 Å². The zero-order valence-corrected chi connectivity index (χ0v) is 6.10. The van der Waals surface area contributed by atoms with Gasteiger partial charge in [0.05, 0.1) is 12.8 Å². The van der Waals surface area contributed by atoms with Crippen LogP contribution in [0.15, 0.2) is 0 Å². The first-order valence-corrected chi connectivity index (χ1v) is 2.32. The molecule has 4 nitrogen and oxygen atoms in total. The highest BCUT2D eigenvalue weighted by Crippen LogP contribution is 1.90. The molecule has 0 aromatic rings. The predicted molar refractivity (Wildman–Crippen MR) is 23.6 cm³/mol. The molecule has 0 unspecified atom stereocenters. The Labute approximate surface area is 62.2 Å². The van der Waals surface area contributed by atoms with Gasteiger partial charge in [-0.05, 0) is 0 Å². The largest absolute Gasteiger partial charge is 1.00 e. The Bertz CT molecular complexity index is 131. The molecule has 0 aromatic carbocycles. The van der Waals surface area contributed by atoms with E-state index < -0.39 is 16.9 Å². The average Bonchev–Trinajstić information content (AvgIpc) is 1.98. The first-order valence-electron chi connectivity index (χ1n) is 2.32. The number of imide groups is 1. The maximum absolute atomic E-state index is 10.2. The van der Waals surface area contributed by atoms with Gasteiger partial charge in [0, 0.05) is 0 Å². The van der Waals surface area contributed by atoms with Crippen molar-refractivity contribution in [1.82, 2.24) is 0 Å². The molecule has 1 N–H and O–H groups in total. The minimum atomic E-state index is -0.815. The van der Waals surface area contributed by atoms with E-state index in [0.29, 0.717) is 0 Å². The van der Waals surface area contributed by atoms with E-state index in [4.69, 9.17) is 0 Å². The van der Waals surface area contributed by atoms with Gasteiger partial charge in [-0.2, -0.15) is 0 Å². The molecule has 0 radical (unpaired) electrons. The van der Waals surface area contributed by atoms with Crippen molar-refractivity contribution in [2.24, 2.45) is 0 Å². The van der Waals surface area contributed by atoms with Crippen molar-refractivity contribution < 1.29 is 31.6 Å². The molecule has 0 aliphatic carbocycles. The van der Waals surface area contributed by atoms with Gasteiger partial charge >= 0.3 is 11.8 Å². The summed E-state index contributed by atoms with van der Waals surface area (Å²) in [6.07, 6.45) is 0.245. The fraction of sp³-hybridized carbons (Fsp3) is 0.500. The van der Waals surface area contributed by atoms with Crippen molar-refractivity contribution in [3.8, 4) is 0 Å². The van der Waals surface area contributed by atoms with Crippen LogP contribution in [0.5, 0.6) is 0 Å². The number of halogens is 1. The van der Waals surface area contributed by atoms with Crippen LogP contribution in [-0.4, -0.2) is 11.8 Å². The first-order chi connectivity index (χ1) is 3.72. The van der Waals surface area contributed by atoms with Crippen molar-refractivity contribution in [3.63, 3.8) is 0 Å². The molecule has 0 spiro atoms. The number of carbonyl (C=O) groups is 2. The summed E-state index contributed by atoms with van der Waals surface area (Å²) < 4.78 is 0. The van der Waals surface area contributed by atoms with Crippen LogP contribution in [0, 0.1) is 5.21 Å². The Morgan fingerprint density at radius 1 is 1.22 bits per heavy atom. The molecule has 1 rings (SSSR count). The van der Waals surface area contributed by atoms with Crippen LogP contribution in [0.4, 0.5) is 0 Å². The van der Waals surface area contributed by atoms with Gasteiger partial charge in [0.1, 0.15) is 0 Å². The molecule has 1 heterocycles. The molecule has 9 heavy (non-hydrogen) atoms. The lowest BCUT2D eigenvalue weighted by Crippen LogP contribution is -3.10. The van der Waals surface area contributed by atoms with Gasteiger partial charge in [-0.1, -0.05) is 0 Å². The zero-order chi connectivity index (χ0) is 6.15. The SMILES string of the molecule is O=C1CCC(=O)[NH+]1[O-].[Br-]. The molecule has 1 aliphatic rings. The van der Waals surface area contributed by atoms with E-state index in [2.05, 4.69) is 0 Å². The van der Waals surface area contributed by atoms with E-state index in [9.17, 15) is 14.8 Å². The van der Waals surface area contributed by atoms with E-state index in [-0.39, 0.29) is 29.8 Å². The van der Waals surface area contributed by atoms with Gasteiger partial charge in [-0.25, -0.2) is 14.7 Å². The van der Waals surface area contributed by atoms with E-state index in [1.165, 1.54) is 0 Å². The van der Waals surface area contributed by atoms with Crippen molar-refractivity contribution >= 4 is 11.8 Å². The lowest BCUT2D eigenvalue weighted by Gasteiger charge is -2.06. The minimum Gasteiger partial charge on any atom is -1.00 e. The molecule has 0 bridgehead atoms. The molecule has 0 aromatic heterocycles. The Morgan fingerprint density at radius 3 is 1.67 bits per heavy atom. The second-order valence-corrected chi connectivity index (χ2v) is 1.68. The number of hydrogen-bond acceptors (Lipinski definition) is 3. The topological polar surface area (TPSA) is 61.6 Å². The third-order valence-electron chi connectivity index (χ3n) is 1.09. The Hall–Kier alpha value is -0.260. The van der Waals surface area contributed by atoms with Crippen LogP contribution in [0.1, 0.15) is 12.8 Å². The summed E-state index contributed by atoms with van der Waals surface area (Å²) in [5.41, 5.74) is 0. The predicted octanol–water partition coefficient (Wildman–Crippen LogP) is -4.78. The molecule has 0 atom stereocenters. The monoisotopic (exact) mass is 194 g/mol. The van der Waals surface area contributed by atoms with Crippen molar-refractivity contribution in [2.45, 2.75) is 12.8 Å².